The van der Waals surface area contributed by atoms with Crippen molar-refractivity contribution >= 4 is 5.97 Å². The van der Waals surface area contributed by atoms with E-state index in [1.54, 1.807) is 0 Å². The van der Waals surface area contributed by atoms with E-state index in [2.05, 4.69) is 111 Å². The molecule has 1 heterocycles. The zero-order valence-corrected chi connectivity index (χ0v) is 45.9. The van der Waals surface area contributed by atoms with Crippen LogP contribution in [0.3, 0.4) is 0 Å². The van der Waals surface area contributed by atoms with E-state index in [9.17, 15) is 25.2 Å². The lowest BCUT2D eigenvalue weighted by molar-refractivity contribution is -0.305. The summed E-state index contributed by atoms with van der Waals surface area (Å²) in [6, 6.07) is 0. The summed E-state index contributed by atoms with van der Waals surface area (Å²) in [4.78, 5) is 12.9. The lowest BCUT2D eigenvalue weighted by atomic mass is 9.99. The number of esters is 1. The number of ether oxygens (including phenoxy) is 4. The molecule has 0 aromatic rings. The smallest absolute Gasteiger partial charge is 0.306 e. The molecule has 0 bridgehead atoms. The number of carbonyl (C=O) groups is 1. The molecule has 9 nitrogen and oxygen atoms in total. The molecule has 1 rings (SSSR count). The molecule has 0 aromatic carbocycles. The van der Waals surface area contributed by atoms with Crippen molar-refractivity contribution in [1.29, 1.82) is 0 Å². The number of hydrogen-bond acceptors (Lipinski definition) is 9. The van der Waals surface area contributed by atoms with Crippen molar-refractivity contribution in [2.24, 2.45) is 0 Å². The van der Waals surface area contributed by atoms with E-state index in [1.807, 2.05) is 0 Å². The molecular weight excluding hydrogens is 901 g/mol. The van der Waals surface area contributed by atoms with Crippen LogP contribution in [0.1, 0.15) is 232 Å². The summed E-state index contributed by atoms with van der Waals surface area (Å²) in [6.07, 6.45) is 67.3. The fourth-order valence-electron chi connectivity index (χ4n) is 8.47. The average Bonchev–Trinajstić information content (AvgIpc) is 3.38. The second-order valence-electron chi connectivity index (χ2n) is 19.7. The minimum Gasteiger partial charge on any atom is -0.457 e. The minimum atomic E-state index is -1.55. The van der Waals surface area contributed by atoms with Gasteiger partial charge in [0.25, 0.3) is 0 Å². The van der Waals surface area contributed by atoms with Gasteiger partial charge in [0.1, 0.15) is 30.5 Å². The molecule has 0 saturated carbocycles. The summed E-state index contributed by atoms with van der Waals surface area (Å²) < 4.78 is 23.0. The van der Waals surface area contributed by atoms with Crippen LogP contribution in [0.4, 0.5) is 0 Å². The van der Waals surface area contributed by atoms with Crippen LogP contribution in [0.2, 0.25) is 0 Å². The monoisotopic (exact) mass is 1010 g/mol. The maximum atomic E-state index is 12.9. The number of allylic oxidation sites excluding steroid dienone is 16. The molecule has 6 unspecified atom stereocenters. The van der Waals surface area contributed by atoms with Crippen LogP contribution >= 0.6 is 0 Å². The number of aliphatic hydroxyl groups is 4. The Morgan fingerprint density at radius 3 is 1.28 bits per heavy atom. The number of unbranched alkanes of at least 4 members (excludes halogenated alkanes) is 23. The molecule has 4 N–H and O–H groups in total. The Hall–Kier alpha value is -2.89. The van der Waals surface area contributed by atoms with E-state index in [4.69, 9.17) is 18.9 Å². The molecule has 0 spiro atoms. The Kier molecular flexibility index (Phi) is 49.4. The van der Waals surface area contributed by atoms with Crippen molar-refractivity contribution in [2.45, 2.75) is 269 Å². The van der Waals surface area contributed by atoms with Gasteiger partial charge in [-0.3, -0.25) is 4.79 Å². The largest absolute Gasteiger partial charge is 0.457 e. The van der Waals surface area contributed by atoms with Crippen molar-refractivity contribution in [3.8, 4) is 0 Å². The summed E-state index contributed by atoms with van der Waals surface area (Å²) >= 11 is 0. The highest BCUT2D eigenvalue weighted by atomic mass is 16.7. The van der Waals surface area contributed by atoms with Crippen LogP contribution in [0.25, 0.3) is 0 Å². The third-order valence-corrected chi connectivity index (χ3v) is 13.0. The maximum absolute atomic E-state index is 12.9. The molecule has 72 heavy (non-hydrogen) atoms. The molecule has 1 fully saturated rings. The Bertz CT molecular complexity index is 1430. The van der Waals surface area contributed by atoms with E-state index < -0.39 is 43.4 Å². The van der Waals surface area contributed by atoms with Gasteiger partial charge in [-0.2, -0.15) is 0 Å². The third kappa shape index (κ3) is 42.5. The number of rotatable bonds is 50. The normalized spacial score (nSPS) is 19.4. The van der Waals surface area contributed by atoms with Crippen molar-refractivity contribution in [1.82, 2.24) is 0 Å². The van der Waals surface area contributed by atoms with Crippen LogP contribution in [-0.2, 0) is 23.7 Å². The molecular formula is C63H108O9. The Morgan fingerprint density at radius 1 is 0.458 bits per heavy atom. The minimum absolute atomic E-state index is 0.124. The van der Waals surface area contributed by atoms with Crippen LogP contribution in [0.15, 0.2) is 97.2 Å². The van der Waals surface area contributed by atoms with Crippen molar-refractivity contribution < 1.29 is 44.2 Å². The van der Waals surface area contributed by atoms with Crippen LogP contribution in [-0.4, -0.2) is 89.6 Å². The fourth-order valence-corrected chi connectivity index (χ4v) is 8.47. The number of carbonyl (C=O) groups excluding carboxylic acids is 1. The van der Waals surface area contributed by atoms with Gasteiger partial charge in [0.2, 0.25) is 0 Å². The Morgan fingerprint density at radius 2 is 0.847 bits per heavy atom. The first-order valence-corrected chi connectivity index (χ1v) is 29.3. The molecule has 0 amide bonds. The van der Waals surface area contributed by atoms with Gasteiger partial charge >= 0.3 is 5.97 Å². The number of hydrogen-bond donors (Lipinski definition) is 4. The van der Waals surface area contributed by atoms with Gasteiger partial charge in [-0.1, -0.05) is 227 Å². The molecule has 0 radical (unpaired) electrons. The van der Waals surface area contributed by atoms with Gasteiger partial charge in [0.05, 0.1) is 19.8 Å². The second kappa shape index (κ2) is 53.0. The standard InChI is InChI=1S/C63H108O9/c1-3-5-7-9-11-13-15-17-19-21-23-25-27-28-29-31-33-35-37-39-41-43-45-47-49-51-53-69-55-57(56-70-63-62(68)61(67)60(66)58(54-64)72-63)71-59(65)52-50-48-46-44-42-40-38-36-34-32-30-26-24-22-20-18-16-14-12-10-8-6-4-2/h5,7,11,13,16-19,22-25,28-29,33,35,57-58,60-64,66-68H,3-4,6,8-10,12,14-15,20-21,26-27,30-32,34,36-56H2,1-2H3/b7-5-,13-11-,18-16-,19-17-,24-22-,25-23-,29-28-,35-33-. The van der Waals surface area contributed by atoms with E-state index in [0.29, 0.717) is 13.0 Å². The fraction of sp³-hybridized carbons (Fsp3) is 0.730. The lowest BCUT2D eigenvalue weighted by Crippen LogP contribution is -2.59. The first kappa shape index (κ1) is 67.1. The lowest BCUT2D eigenvalue weighted by Gasteiger charge is -2.39. The molecule has 1 aliphatic heterocycles. The summed E-state index contributed by atoms with van der Waals surface area (Å²) in [6.45, 7) is 4.42. The molecule has 9 heteroatoms. The van der Waals surface area contributed by atoms with E-state index in [1.165, 1.54) is 122 Å². The highest BCUT2D eigenvalue weighted by Crippen LogP contribution is 2.23. The van der Waals surface area contributed by atoms with E-state index in [0.717, 1.165) is 89.9 Å². The van der Waals surface area contributed by atoms with Gasteiger partial charge in [0, 0.05) is 13.0 Å². The van der Waals surface area contributed by atoms with Gasteiger partial charge in [-0.25, -0.2) is 0 Å². The Labute approximate surface area is 441 Å². The Balaban J connectivity index is 2.18. The quantitative estimate of drug-likeness (QED) is 0.0267. The van der Waals surface area contributed by atoms with Gasteiger partial charge in [-0.15, -0.1) is 0 Å². The average molecular weight is 1010 g/mol. The van der Waals surface area contributed by atoms with Crippen molar-refractivity contribution in [3.63, 3.8) is 0 Å². The first-order chi connectivity index (χ1) is 35.4. The molecule has 6 atom stereocenters. The van der Waals surface area contributed by atoms with E-state index in [-0.39, 0.29) is 19.2 Å². The SMILES string of the molecule is CC/C=C\C/C=C\C/C=C\C/C=C\C/C=C\C/C=C\CCCCCCCCCOCC(COC1OC(CO)C(O)C(O)C1O)OC(=O)CCCCCCCCCCCCC/C=C\C/C=C\CCCCCCC. The van der Waals surface area contributed by atoms with Crippen LogP contribution in [0, 0.1) is 0 Å². The van der Waals surface area contributed by atoms with Crippen LogP contribution < -0.4 is 0 Å². The van der Waals surface area contributed by atoms with Crippen molar-refractivity contribution in [2.75, 3.05) is 26.4 Å². The predicted molar refractivity (Wildman–Crippen MR) is 302 cm³/mol. The summed E-state index contributed by atoms with van der Waals surface area (Å²) in [7, 11) is 0. The van der Waals surface area contributed by atoms with Crippen LogP contribution in [0.5, 0.6) is 0 Å². The highest BCUT2D eigenvalue weighted by Gasteiger charge is 2.44. The summed E-state index contributed by atoms with van der Waals surface area (Å²) in [5.74, 6) is -0.322. The molecule has 1 saturated heterocycles. The van der Waals surface area contributed by atoms with E-state index >= 15 is 0 Å². The first-order valence-electron chi connectivity index (χ1n) is 29.3. The second-order valence-corrected chi connectivity index (χ2v) is 19.7. The number of aliphatic hydroxyl groups excluding tert-OH is 4. The van der Waals surface area contributed by atoms with Crippen molar-refractivity contribution in [3.05, 3.63) is 97.2 Å². The van der Waals surface area contributed by atoms with Gasteiger partial charge in [0.15, 0.2) is 6.29 Å². The molecule has 0 aliphatic carbocycles. The topological polar surface area (TPSA) is 135 Å². The highest BCUT2D eigenvalue weighted by molar-refractivity contribution is 5.69. The predicted octanol–water partition coefficient (Wildman–Crippen LogP) is 15.5. The maximum Gasteiger partial charge on any atom is 0.306 e. The summed E-state index contributed by atoms with van der Waals surface area (Å²) in [5, 5.41) is 40.4. The molecule has 1 aliphatic rings. The zero-order valence-electron chi connectivity index (χ0n) is 45.9. The van der Waals surface area contributed by atoms with Gasteiger partial charge in [-0.05, 0) is 96.3 Å². The zero-order chi connectivity index (χ0) is 52.1. The molecule has 0 aromatic heterocycles. The van der Waals surface area contributed by atoms with Gasteiger partial charge < -0.3 is 39.4 Å². The molecule has 414 valence electrons. The summed E-state index contributed by atoms with van der Waals surface area (Å²) in [5.41, 5.74) is 0. The third-order valence-electron chi connectivity index (χ3n) is 13.0.